The molecule has 0 aliphatic rings. The maximum Gasteiger partial charge on any atom is 0.246 e. The van der Waals surface area contributed by atoms with Crippen molar-refractivity contribution in [3.63, 3.8) is 0 Å². The number of nitrogens with one attached hydrogen (secondary N) is 2. The number of amides is 1. The molecule has 144 valence electrons. The number of hydrogen-bond acceptors (Lipinski definition) is 4. The molecule has 28 heavy (non-hydrogen) atoms. The Hall–Kier alpha value is -3.18. The number of halogens is 1. The second-order valence-corrected chi connectivity index (χ2v) is 6.55. The van der Waals surface area contributed by atoms with Gasteiger partial charge in [0.2, 0.25) is 5.91 Å². The van der Waals surface area contributed by atoms with Gasteiger partial charge in [-0.3, -0.25) is 4.79 Å². The van der Waals surface area contributed by atoms with Crippen LogP contribution in [0.3, 0.4) is 0 Å². The Bertz CT molecular complexity index is 948. The second kappa shape index (κ2) is 9.15. The number of rotatable bonds is 7. The summed E-state index contributed by atoms with van der Waals surface area (Å²) in [6.45, 7) is 1.77. The van der Waals surface area contributed by atoms with Crippen LogP contribution in [0.4, 0.5) is 11.4 Å². The van der Waals surface area contributed by atoms with Gasteiger partial charge in [-0.15, -0.1) is 0 Å². The van der Waals surface area contributed by atoms with Crippen molar-refractivity contribution in [3.05, 3.63) is 77.8 Å². The molecule has 0 spiro atoms. The van der Waals surface area contributed by atoms with Gasteiger partial charge in [-0.05, 0) is 49.4 Å². The van der Waals surface area contributed by atoms with E-state index in [0.29, 0.717) is 27.9 Å². The monoisotopic (exact) mass is 396 g/mol. The number of para-hydroxylation sites is 3. The molecule has 0 aromatic heterocycles. The maximum atomic E-state index is 12.7. The predicted octanol–water partition coefficient (Wildman–Crippen LogP) is 5.58. The zero-order valence-electron chi connectivity index (χ0n) is 15.6. The molecule has 2 N–H and O–H groups in total. The predicted molar refractivity (Wildman–Crippen MR) is 113 cm³/mol. The van der Waals surface area contributed by atoms with Crippen LogP contribution in [-0.4, -0.2) is 19.1 Å². The summed E-state index contributed by atoms with van der Waals surface area (Å²) < 4.78 is 11.2. The zero-order chi connectivity index (χ0) is 19.9. The van der Waals surface area contributed by atoms with Crippen LogP contribution in [0.15, 0.2) is 72.8 Å². The number of benzene rings is 3. The highest BCUT2D eigenvalue weighted by atomic mass is 35.5. The Labute approximate surface area is 169 Å². The first-order valence-electron chi connectivity index (χ1n) is 8.79. The summed E-state index contributed by atoms with van der Waals surface area (Å²) in [4.78, 5) is 12.7. The van der Waals surface area contributed by atoms with Gasteiger partial charge in [-0.25, -0.2) is 0 Å². The van der Waals surface area contributed by atoms with Crippen molar-refractivity contribution in [2.75, 3.05) is 17.7 Å². The molecule has 3 aromatic carbocycles. The first kappa shape index (κ1) is 19.6. The molecule has 0 saturated carbocycles. The molecular weight excluding hydrogens is 376 g/mol. The van der Waals surface area contributed by atoms with E-state index in [2.05, 4.69) is 10.6 Å². The lowest BCUT2D eigenvalue weighted by molar-refractivity contribution is -0.116. The van der Waals surface area contributed by atoms with Crippen LogP contribution in [0.2, 0.25) is 5.02 Å². The van der Waals surface area contributed by atoms with Gasteiger partial charge in [-0.1, -0.05) is 41.9 Å². The van der Waals surface area contributed by atoms with E-state index in [9.17, 15) is 4.79 Å². The number of carbonyl (C=O) groups excluding carboxylic acids is 1. The lowest BCUT2D eigenvalue weighted by Crippen LogP contribution is -2.32. The average Bonchev–Trinajstić information content (AvgIpc) is 2.70. The van der Waals surface area contributed by atoms with E-state index in [4.69, 9.17) is 21.1 Å². The van der Waals surface area contributed by atoms with Crippen LogP contribution < -0.4 is 20.1 Å². The summed E-state index contributed by atoms with van der Waals surface area (Å²) in [5, 5.41) is 6.54. The summed E-state index contributed by atoms with van der Waals surface area (Å²) in [5.74, 6) is 1.67. The minimum Gasteiger partial charge on any atom is -0.495 e. The molecule has 0 unspecified atom stereocenters. The third-order valence-electron chi connectivity index (χ3n) is 4.04. The topological polar surface area (TPSA) is 59.6 Å². The Kier molecular flexibility index (Phi) is 6.40. The highest BCUT2D eigenvalue weighted by molar-refractivity contribution is 6.31. The quantitative estimate of drug-likeness (QED) is 0.547. The molecule has 0 aliphatic carbocycles. The second-order valence-electron chi connectivity index (χ2n) is 6.11. The molecule has 5 nitrogen and oxygen atoms in total. The van der Waals surface area contributed by atoms with E-state index in [0.717, 1.165) is 5.75 Å². The van der Waals surface area contributed by atoms with Gasteiger partial charge in [0.15, 0.2) is 5.75 Å². The number of anilines is 2. The SMILES string of the molecule is COc1ccc(Cl)cc1NC(=O)[C@@H](C)Nc1ccccc1Oc1ccccc1. The third-order valence-corrected chi connectivity index (χ3v) is 4.28. The van der Waals surface area contributed by atoms with Crippen molar-refractivity contribution in [3.8, 4) is 17.2 Å². The Balaban J connectivity index is 1.72. The van der Waals surface area contributed by atoms with Gasteiger partial charge in [0.1, 0.15) is 17.5 Å². The van der Waals surface area contributed by atoms with Crippen molar-refractivity contribution in [2.24, 2.45) is 0 Å². The molecule has 3 aromatic rings. The van der Waals surface area contributed by atoms with Gasteiger partial charge in [-0.2, -0.15) is 0 Å². The largest absolute Gasteiger partial charge is 0.495 e. The Morgan fingerprint density at radius 3 is 2.39 bits per heavy atom. The van der Waals surface area contributed by atoms with Gasteiger partial charge in [0.05, 0.1) is 18.5 Å². The standard InChI is InChI=1S/C22H21ClN2O3/c1-15(22(26)25-19-14-16(23)12-13-20(19)27-2)24-18-10-6-7-11-21(18)28-17-8-4-3-5-9-17/h3-15,24H,1-2H3,(H,25,26)/t15-/m1/s1. The Morgan fingerprint density at radius 1 is 0.929 bits per heavy atom. The molecule has 0 radical (unpaired) electrons. The minimum absolute atomic E-state index is 0.227. The number of carbonyl (C=O) groups is 1. The van der Waals surface area contributed by atoms with E-state index in [-0.39, 0.29) is 5.91 Å². The molecule has 0 aliphatic heterocycles. The molecule has 3 rings (SSSR count). The van der Waals surface area contributed by atoms with E-state index in [1.807, 2.05) is 54.6 Å². The molecule has 1 atom stereocenters. The average molecular weight is 397 g/mol. The summed E-state index contributed by atoms with van der Waals surface area (Å²) >= 11 is 6.03. The molecule has 6 heteroatoms. The summed E-state index contributed by atoms with van der Waals surface area (Å²) in [5.41, 5.74) is 1.23. The van der Waals surface area contributed by atoms with Gasteiger partial charge in [0.25, 0.3) is 0 Å². The third kappa shape index (κ3) is 4.96. The zero-order valence-corrected chi connectivity index (χ0v) is 16.4. The van der Waals surface area contributed by atoms with Crippen LogP contribution in [0.25, 0.3) is 0 Å². The summed E-state index contributed by atoms with van der Waals surface area (Å²) in [6, 6.07) is 21.5. The fourth-order valence-electron chi connectivity index (χ4n) is 2.61. The summed E-state index contributed by atoms with van der Waals surface area (Å²) in [6.07, 6.45) is 0. The summed E-state index contributed by atoms with van der Waals surface area (Å²) in [7, 11) is 1.54. The van der Waals surface area contributed by atoms with Gasteiger partial charge >= 0.3 is 0 Å². The molecule has 0 bridgehead atoms. The van der Waals surface area contributed by atoms with Crippen molar-refractivity contribution in [1.82, 2.24) is 0 Å². The molecular formula is C22H21ClN2O3. The van der Waals surface area contributed by atoms with E-state index in [1.54, 1.807) is 25.1 Å². The van der Waals surface area contributed by atoms with Gasteiger partial charge in [0, 0.05) is 5.02 Å². The Morgan fingerprint density at radius 2 is 1.64 bits per heavy atom. The van der Waals surface area contributed by atoms with Crippen LogP contribution >= 0.6 is 11.6 Å². The molecule has 0 saturated heterocycles. The lowest BCUT2D eigenvalue weighted by atomic mass is 10.2. The normalized spacial score (nSPS) is 11.4. The van der Waals surface area contributed by atoms with Crippen LogP contribution in [-0.2, 0) is 4.79 Å². The van der Waals surface area contributed by atoms with Gasteiger partial charge < -0.3 is 20.1 Å². The first-order valence-corrected chi connectivity index (χ1v) is 9.17. The van der Waals surface area contributed by atoms with Crippen LogP contribution in [0.1, 0.15) is 6.92 Å². The fraction of sp³-hybridized carbons (Fsp3) is 0.136. The van der Waals surface area contributed by atoms with E-state index in [1.165, 1.54) is 7.11 Å². The smallest absolute Gasteiger partial charge is 0.246 e. The number of methoxy groups -OCH3 is 1. The highest BCUT2D eigenvalue weighted by Gasteiger charge is 2.17. The van der Waals surface area contributed by atoms with E-state index < -0.39 is 6.04 Å². The molecule has 1 amide bonds. The first-order chi connectivity index (χ1) is 13.6. The maximum absolute atomic E-state index is 12.7. The van der Waals surface area contributed by atoms with Crippen molar-refractivity contribution in [2.45, 2.75) is 13.0 Å². The molecule has 0 heterocycles. The van der Waals surface area contributed by atoms with Crippen molar-refractivity contribution >= 4 is 28.9 Å². The fourth-order valence-corrected chi connectivity index (χ4v) is 2.78. The number of ether oxygens (including phenoxy) is 2. The molecule has 0 fully saturated rings. The van der Waals surface area contributed by atoms with Crippen molar-refractivity contribution < 1.29 is 14.3 Å². The number of hydrogen-bond donors (Lipinski definition) is 2. The van der Waals surface area contributed by atoms with Crippen molar-refractivity contribution in [1.29, 1.82) is 0 Å². The van der Waals surface area contributed by atoms with Crippen LogP contribution in [0.5, 0.6) is 17.2 Å². The van der Waals surface area contributed by atoms with Crippen LogP contribution in [0, 0.1) is 0 Å². The lowest BCUT2D eigenvalue weighted by Gasteiger charge is -2.19. The van der Waals surface area contributed by atoms with E-state index >= 15 is 0 Å². The highest BCUT2D eigenvalue weighted by Crippen LogP contribution is 2.30. The minimum atomic E-state index is -0.524.